The van der Waals surface area contributed by atoms with Gasteiger partial charge in [0.2, 0.25) is 0 Å². The second-order valence-electron chi connectivity index (χ2n) is 5.02. The molecule has 0 atom stereocenters. The Morgan fingerprint density at radius 1 is 1.56 bits per heavy atom. The summed E-state index contributed by atoms with van der Waals surface area (Å²) in [6.07, 6.45) is 5.08. The number of aldehydes is 1. The lowest BCUT2D eigenvalue weighted by Crippen LogP contribution is -2.12. The number of pyridine rings is 1. The van der Waals surface area contributed by atoms with Gasteiger partial charge in [-0.05, 0) is 32.4 Å². The number of carbonyl (C=O) groups excluding carboxylic acids is 1. The highest BCUT2D eigenvalue weighted by atomic mass is 16.1. The summed E-state index contributed by atoms with van der Waals surface area (Å²) in [6.45, 7) is 4.50. The largest absolute Gasteiger partial charge is 0.332 e. The van der Waals surface area contributed by atoms with Crippen molar-refractivity contribution < 1.29 is 4.79 Å². The van der Waals surface area contributed by atoms with Crippen LogP contribution in [0.3, 0.4) is 0 Å². The predicted octanol–water partition coefficient (Wildman–Crippen LogP) is 2.79. The highest BCUT2D eigenvalue weighted by Gasteiger charge is 2.17. The fourth-order valence-corrected chi connectivity index (χ4v) is 1.87. The van der Waals surface area contributed by atoms with Gasteiger partial charge >= 0.3 is 0 Å². The van der Waals surface area contributed by atoms with Crippen LogP contribution in [0.15, 0.2) is 24.5 Å². The number of aryl methyl sites for hydroxylation is 1. The second-order valence-corrected chi connectivity index (χ2v) is 5.02. The summed E-state index contributed by atoms with van der Waals surface area (Å²) in [5, 5.41) is 9.87. The molecule has 2 heterocycles. The lowest BCUT2D eigenvalue weighted by Gasteiger charge is -2.15. The summed E-state index contributed by atoms with van der Waals surface area (Å²) < 4.78 is 1.94. The Morgan fingerprint density at radius 3 is 3.00 bits per heavy atom. The van der Waals surface area contributed by atoms with Crippen molar-refractivity contribution in [3.63, 3.8) is 0 Å². The van der Waals surface area contributed by atoms with Gasteiger partial charge in [0.25, 0.3) is 0 Å². The summed E-state index contributed by atoms with van der Waals surface area (Å²) in [4.78, 5) is 15.3. The number of nitriles is 1. The lowest BCUT2D eigenvalue weighted by atomic mass is 9.91. The zero-order valence-corrected chi connectivity index (χ0v) is 10.6. The lowest BCUT2D eigenvalue weighted by molar-refractivity contribution is 0.112. The molecule has 0 fully saturated rings. The number of hydrogen-bond acceptors (Lipinski definition) is 3. The van der Waals surface area contributed by atoms with Crippen molar-refractivity contribution in [1.82, 2.24) is 9.55 Å². The van der Waals surface area contributed by atoms with Crippen molar-refractivity contribution in [3.05, 3.63) is 30.1 Å². The van der Waals surface area contributed by atoms with Crippen LogP contribution in [-0.4, -0.2) is 15.8 Å². The Hall–Kier alpha value is -2.15. The first-order chi connectivity index (χ1) is 8.57. The van der Waals surface area contributed by atoms with Crippen LogP contribution in [0.5, 0.6) is 0 Å². The van der Waals surface area contributed by atoms with Crippen LogP contribution in [0.25, 0.3) is 11.0 Å². The maximum Gasteiger partial charge on any atom is 0.152 e. The van der Waals surface area contributed by atoms with Gasteiger partial charge in [0.05, 0.1) is 11.5 Å². The average Bonchev–Trinajstić information content (AvgIpc) is 2.75. The number of fused-ring (bicyclic) bond motifs is 1. The van der Waals surface area contributed by atoms with Crippen LogP contribution < -0.4 is 0 Å². The summed E-state index contributed by atoms with van der Waals surface area (Å²) in [5.74, 6) is 0. The van der Waals surface area contributed by atoms with Gasteiger partial charge in [-0.3, -0.25) is 4.79 Å². The minimum absolute atomic E-state index is 0.368. The number of hydrogen-bond donors (Lipinski definition) is 0. The fraction of sp³-hybridized carbons (Fsp3) is 0.357. The summed E-state index contributed by atoms with van der Waals surface area (Å²) in [5.41, 5.74) is 1.08. The molecule has 4 heteroatoms. The minimum atomic E-state index is -0.368. The maximum atomic E-state index is 11.0. The van der Waals surface area contributed by atoms with Crippen molar-refractivity contribution in [2.24, 2.45) is 5.41 Å². The molecular weight excluding hydrogens is 226 g/mol. The summed E-state index contributed by atoms with van der Waals surface area (Å²) in [6, 6.07) is 5.98. The smallest absolute Gasteiger partial charge is 0.152 e. The highest BCUT2D eigenvalue weighted by Crippen LogP contribution is 2.23. The quantitative estimate of drug-likeness (QED) is 0.773. The SMILES string of the molecule is CC(C)(C#N)CCn1cc(C=O)c2cccnc21. The normalized spacial score (nSPS) is 11.4. The van der Waals surface area contributed by atoms with Crippen molar-refractivity contribution >= 4 is 17.3 Å². The van der Waals surface area contributed by atoms with Gasteiger partial charge in [0.1, 0.15) is 5.65 Å². The van der Waals surface area contributed by atoms with Gasteiger partial charge in [0.15, 0.2) is 6.29 Å². The van der Waals surface area contributed by atoms with Gasteiger partial charge in [-0.25, -0.2) is 4.98 Å². The number of aromatic nitrogens is 2. The Balaban J connectivity index is 2.35. The van der Waals surface area contributed by atoms with Crippen molar-refractivity contribution in [3.8, 4) is 6.07 Å². The van der Waals surface area contributed by atoms with Crippen molar-refractivity contribution in [1.29, 1.82) is 5.26 Å². The zero-order valence-electron chi connectivity index (χ0n) is 10.6. The van der Waals surface area contributed by atoms with E-state index in [0.29, 0.717) is 12.1 Å². The molecule has 2 rings (SSSR count). The molecule has 0 spiro atoms. The molecule has 0 saturated heterocycles. The molecule has 0 bridgehead atoms. The molecule has 92 valence electrons. The van der Waals surface area contributed by atoms with E-state index in [9.17, 15) is 4.79 Å². The van der Waals surface area contributed by atoms with E-state index in [1.807, 2.05) is 30.5 Å². The standard InChI is InChI=1S/C14H15N3O/c1-14(2,10-15)5-7-17-8-11(9-18)12-4-3-6-16-13(12)17/h3-4,6,8-9H,5,7H2,1-2H3. The first-order valence-electron chi connectivity index (χ1n) is 5.88. The Bertz CT molecular complexity index is 619. The molecule has 0 saturated carbocycles. The molecule has 4 nitrogen and oxygen atoms in total. The van der Waals surface area contributed by atoms with Gasteiger partial charge in [-0.2, -0.15) is 5.26 Å². The van der Waals surface area contributed by atoms with E-state index in [0.717, 1.165) is 23.7 Å². The molecule has 0 amide bonds. The average molecular weight is 241 g/mol. The van der Waals surface area contributed by atoms with Gasteiger partial charge in [-0.1, -0.05) is 0 Å². The topological polar surface area (TPSA) is 58.7 Å². The molecule has 0 aliphatic carbocycles. The van der Waals surface area contributed by atoms with E-state index in [4.69, 9.17) is 5.26 Å². The minimum Gasteiger partial charge on any atom is -0.332 e. The number of carbonyl (C=O) groups is 1. The van der Waals surface area contributed by atoms with E-state index in [1.165, 1.54) is 0 Å². The molecule has 2 aromatic rings. The first kappa shape index (κ1) is 12.3. The Kier molecular flexibility index (Phi) is 3.15. The van der Waals surface area contributed by atoms with Gasteiger partial charge < -0.3 is 4.57 Å². The van der Waals surface area contributed by atoms with E-state index < -0.39 is 0 Å². The molecule has 2 aromatic heterocycles. The third-order valence-electron chi connectivity index (χ3n) is 3.07. The maximum absolute atomic E-state index is 11.0. The molecule has 0 aliphatic heterocycles. The van der Waals surface area contributed by atoms with Crippen LogP contribution in [0.2, 0.25) is 0 Å². The molecule has 18 heavy (non-hydrogen) atoms. The summed E-state index contributed by atoms with van der Waals surface area (Å²) >= 11 is 0. The van der Waals surface area contributed by atoms with Crippen LogP contribution >= 0.6 is 0 Å². The first-order valence-corrected chi connectivity index (χ1v) is 5.88. The molecule has 0 unspecified atom stereocenters. The number of rotatable bonds is 4. The summed E-state index contributed by atoms with van der Waals surface area (Å²) in [7, 11) is 0. The van der Waals surface area contributed by atoms with Crippen LogP contribution in [0, 0.1) is 16.7 Å². The molecule has 0 aromatic carbocycles. The second kappa shape index (κ2) is 4.61. The zero-order chi connectivity index (χ0) is 13.2. The van der Waals surface area contributed by atoms with Crippen LogP contribution in [0.1, 0.15) is 30.6 Å². The molecule has 0 aliphatic rings. The molecule has 0 N–H and O–H groups in total. The molecular formula is C14H15N3O. The Morgan fingerprint density at radius 2 is 2.33 bits per heavy atom. The van der Waals surface area contributed by atoms with E-state index in [-0.39, 0.29) is 5.41 Å². The monoisotopic (exact) mass is 241 g/mol. The number of nitrogens with zero attached hydrogens (tertiary/aromatic N) is 3. The predicted molar refractivity (Wildman–Crippen MR) is 69.1 cm³/mol. The van der Waals surface area contributed by atoms with Crippen LogP contribution in [0.4, 0.5) is 0 Å². The van der Waals surface area contributed by atoms with E-state index in [2.05, 4.69) is 11.1 Å². The van der Waals surface area contributed by atoms with E-state index in [1.54, 1.807) is 12.4 Å². The van der Waals surface area contributed by atoms with Crippen molar-refractivity contribution in [2.75, 3.05) is 0 Å². The fourth-order valence-electron chi connectivity index (χ4n) is 1.87. The third kappa shape index (κ3) is 2.25. The van der Waals surface area contributed by atoms with Gasteiger partial charge in [-0.15, -0.1) is 0 Å². The Labute approximate surface area is 106 Å². The van der Waals surface area contributed by atoms with Gasteiger partial charge in [0, 0.05) is 29.9 Å². The molecule has 0 radical (unpaired) electrons. The third-order valence-corrected chi connectivity index (χ3v) is 3.07. The van der Waals surface area contributed by atoms with Crippen LogP contribution in [-0.2, 0) is 6.54 Å². The van der Waals surface area contributed by atoms with Crippen molar-refractivity contribution in [2.45, 2.75) is 26.8 Å². The van der Waals surface area contributed by atoms with E-state index >= 15 is 0 Å². The highest BCUT2D eigenvalue weighted by molar-refractivity contribution is 5.95.